The van der Waals surface area contributed by atoms with Crippen LogP contribution in [0.2, 0.25) is 0 Å². The summed E-state index contributed by atoms with van der Waals surface area (Å²) in [6.45, 7) is 4.23. The van der Waals surface area contributed by atoms with E-state index in [1.165, 1.54) is 5.56 Å². The minimum absolute atomic E-state index is 0.213. The van der Waals surface area contributed by atoms with Crippen molar-refractivity contribution in [1.29, 1.82) is 0 Å². The van der Waals surface area contributed by atoms with E-state index in [4.69, 9.17) is 5.11 Å². The molecular formula is C16H21N3O2. The van der Waals surface area contributed by atoms with Gasteiger partial charge >= 0.3 is 5.97 Å². The summed E-state index contributed by atoms with van der Waals surface area (Å²) in [5, 5.41) is 12.4. The fourth-order valence-corrected chi connectivity index (χ4v) is 3.02. The molecule has 1 fully saturated rings. The molecule has 0 saturated carbocycles. The number of aliphatic imine (C=N–C) groups is 1. The van der Waals surface area contributed by atoms with Crippen LogP contribution in [-0.2, 0) is 11.3 Å². The highest BCUT2D eigenvalue weighted by Gasteiger charge is 2.25. The zero-order valence-electron chi connectivity index (χ0n) is 12.1. The zero-order chi connectivity index (χ0) is 14.7. The molecule has 1 saturated heterocycles. The summed E-state index contributed by atoms with van der Waals surface area (Å²) in [7, 11) is 0. The van der Waals surface area contributed by atoms with Gasteiger partial charge in [0.15, 0.2) is 0 Å². The predicted molar refractivity (Wildman–Crippen MR) is 81.5 cm³/mol. The summed E-state index contributed by atoms with van der Waals surface area (Å²) in [6, 6.07) is 8.40. The van der Waals surface area contributed by atoms with Crippen molar-refractivity contribution in [3.8, 4) is 0 Å². The van der Waals surface area contributed by atoms with Gasteiger partial charge in [0.2, 0.25) is 0 Å². The molecule has 1 unspecified atom stereocenters. The maximum absolute atomic E-state index is 11.1. The molecule has 112 valence electrons. The van der Waals surface area contributed by atoms with Crippen LogP contribution in [0.25, 0.3) is 0 Å². The van der Waals surface area contributed by atoms with Crippen LogP contribution in [0.5, 0.6) is 0 Å². The number of carboxylic acids is 1. The second kappa shape index (κ2) is 6.26. The Morgan fingerprint density at radius 2 is 2.19 bits per heavy atom. The topological polar surface area (TPSA) is 64.9 Å². The number of nitrogens with one attached hydrogen (secondary N) is 1. The molecule has 5 heteroatoms. The Morgan fingerprint density at radius 3 is 2.86 bits per heavy atom. The molecule has 0 aromatic heterocycles. The van der Waals surface area contributed by atoms with Gasteiger partial charge in [-0.05, 0) is 24.9 Å². The average molecular weight is 287 g/mol. The van der Waals surface area contributed by atoms with E-state index in [1.807, 2.05) is 0 Å². The van der Waals surface area contributed by atoms with Crippen molar-refractivity contribution in [2.45, 2.75) is 19.4 Å². The normalized spacial score (nSPS) is 22.7. The quantitative estimate of drug-likeness (QED) is 0.877. The smallest absolute Gasteiger partial charge is 0.307 e. The number of rotatable bonds is 4. The van der Waals surface area contributed by atoms with E-state index >= 15 is 0 Å². The second-order valence-corrected chi connectivity index (χ2v) is 5.77. The second-order valence-electron chi connectivity index (χ2n) is 5.77. The Balaban J connectivity index is 1.61. The van der Waals surface area contributed by atoms with Gasteiger partial charge in [0.25, 0.3) is 0 Å². The number of piperidine rings is 1. The number of aliphatic carboxylic acids is 1. The molecule has 0 bridgehead atoms. The Morgan fingerprint density at radius 1 is 1.38 bits per heavy atom. The first-order valence-electron chi connectivity index (χ1n) is 7.55. The first-order valence-corrected chi connectivity index (χ1v) is 7.55. The first kappa shape index (κ1) is 14.1. The number of nitrogens with zero attached hydrogens (tertiary/aromatic N) is 2. The van der Waals surface area contributed by atoms with Crippen LogP contribution in [0.15, 0.2) is 29.3 Å². The molecule has 5 nitrogen and oxygen atoms in total. The lowest BCUT2D eigenvalue weighted by Gasteiger charge is -2.30. The molecule has 1 aromatic carbocycles. The van der Waals surface area contributed by atoms with Gasteiger partial charge in [-0.3, -0.25) is 14.7 Å². The van der Waals surface area contributed by atoms with E-state index in [2.05, 4.69) is 39.5 Å². The maximum atomic E-state index is 11.1. The van der Waals surface area contributed by atoms with Gasteiger partial charge in [-0.15, -0.1) is 0 Å². The van der Waals surface area contributed by atoms with Crippen molar-refractivity contribution in [3.05, 3.63) is 35.4 Å². The molecule has 0 aliphatic carbocycles. The number of carboxylic acid groups (broad SMARTS) is 1. The standard InChI is InChI=1S/C16H21N3O2/c20-16(21)14-2-1-9-19(11-14)10-12-3-5-13(6-4-12)15-17-7-8-18-15/h3-6,14H,1-2,7-11H2,(H,17,18)(H,20,21). The van der Waals surface area contributed by atoms with Crippen molar-refractivity contribution in [2.75, 3.05) is 26.2 Å². The summed E-state index contributed by atoms with van der Waals surface area (Å²) in [5.74, 6) is 0.0981. The van der Waals surface area contributed by atoms with Crippen molar-refractivity contribution in [3.63, 3.8) is 0 Å². The molecule has 21 heavy (non-hydrogen) atoms. The van der Waals surface area contributed by atoms with Crippen LogP contribution in [0.1, 0.15) is 24.0 Å². The number of likely N-dealkylation sites (tertiary alicyclic amines) is 1. The highest BCUT2D eigenvalue weighted by atomic mass is 16.4. The van der Waals surface area contributed by atoms with Crippen LogP contribution < -0.4 is 5.32 Å². The summed E-state index contributed by atoms with van der Waals surface area (Å²) in [4.78, 5) is 17.7. The van der Waals surface area contributed by atoms with Gasteiger partial charge in [-0.1, -0.05) is 24.3 Å². The average Bonchev–Trinajstić information content (AvgIpc) is 3.02. The number of benzene rings is 1. The van der Waals surface area contributed by atoms with Gasteiger partial charge < -0.3 is 10.4 Å². The van der Waals surface area contributed by atoms with Crippen molar-refractivity contribution >= 4 is 11.8 Å². The molecule has 0 amide bonds. The predicted octanol–water partition coefficient (Wildman–Crippen LogP) is 1.33. The summed E-state index contributed by atoms with van der Waals surface area (Å²) in [6.07, 6.45) is 1.77. The molecule has 2 N–H and O–H groups in total. The summed E-state index contributed by atoms with van der Waals surface area (Å²) < 4.78 is 0. The van der Waals surface area contributed by atoms with E-state index in [1.54, 1.807) is 0 Å². The van der Waals surface area contributed by atoms with Crippen LogP contribution in [0, 0.1) is 5.92 Å². The maximum Gasteiger partial charge on any atom is 0.307 e. The number of hydrogen-bond acceptors (Lipinski definition) is 4. The lowest BCUT2D eigenvalue weighted by molar-refractivity contribution is -0.143. The minimum atomic E-state index is -0.666. The molecule has 0 spiro atoms. The highest BCUT2D eigenvalue weighted by Crippen LogP contribution is 2.19. The molecule has 2 aliphatic rings. The minimum Gasteiger partial charge on any atom is -0.481 e. The molecule has 1 aromatic rings. The third-order valence-electron chi connectivity index (χ3n) is 4.16. The molecule has 0 radical (unpaired) electrons. The Labute approximate surface area is 124 Å². The lowest BCUT2D eigenvalue weighted by atomic mass is 9.98. The van der Waals surface area contributed by atoms with Crippen LogP contribution in [0.3, 0.4) is 0 Å². The van der Waals surface area contributed by atoms with Crippen molar-refractivity contribution in [2.24, 2.45) is 10.9 Å². The fraction of sp³-hybridized carbons (Fsp3) is 0.500. The van der Waals surface area contributed by atoms with Crippen LogP contribution in [-0.4, -0.2) is 48.0 Å². The van der Waals surface area contributed by atoms with E-state index in [-0.39, 0.29) is 5.92 Å². The Hall–Kier alpha value is -1.88. The Kier molecular flexibility index (Phi) is 4.20. The highest BCUT2D eigenvalue weighted by molar-refractivity contribution is 5.99. The number of hydrogen-bond donors (Lipinski definition) is 2. The molecule has 1 atom stereocenters. The van der Waals surface area contributed by atoms with E-state index < -0.39 is 5.97 Å². The molecular weight excluding hydrogens is 266 g/mol. The first-order chi connectivity index (χ1) is 10.2. The Bertz CT molecular complexity index is 539. The molecule has 2 aliphatic heterocycles. The largest absolute Gasteiger partial charge is 0.481 e. The van der Waals surface area contributed by atoms with E-state index in [0.717, 1.165) is 50.4 Å². The molecule has 2 heterocycles. The van der Waals surface area contributed by atoms with Gasteiger partial charge in [-0.25, -0.2) is 0 Å². The summed E-state index contributed by atoms with van der Waals surface area (Å²) >= 11 is 0. The SMILES string of the molecule is O=C(O)C1CCCN(Cc2ccc(C3=NCCN3)cc2)C1. The zero-order valence-corrected chi connectivity index (χ0v) is 12.1. The third-order valence-corrected chi connectivity index (χ3v) is 4.16. The molecule has 3 rings (SSSR count). The lowest BCUT2D eigenvalue weighted by Crippen LogP contribution is -2.38. The van der Waals surface area contributed by atoms with Crippen molar-refractivity contribution in [1.82, 2.24) is 10.2 Å². The van der Waals surface area contributed by atoms with E-state index in [0.29, 0.717) is 6.54 Å². The van der Waals surface area contributed by atoms with Crippen LogP contribution >= 0.6 is 0 Å². The monoisotopic (exact) mass is 287 g/mol. The number of carbonyl (C=O) groups is 1. The van der Waals surface area contributed by atoms with Gasteiger partial charge in [0.1, 0.15) is 5.84 Å². The third kappa shape index (κ3) is 3.42. The van der Waals surface area contributed by atoms with Crippen molar-refractivity contribution < 1.29 is 9.90 Å². The fourth-order valence-electron chi connectivity index (χ4n) is 3.02. The van der Waals surface area contributed by atoms with Gasteiger partial charge in [0.05, 0.1) is 12.5 Å². The van der Waals surface area contributed by atoms with Crippen LogP contribution in [0.4, 0.5) is 0 Å². The van der Waals surface area contributed by atoms with Gasteiger partial charge in [0, 0.05) is 25.2 Å². The number of amidine groups is 1. The van der Waals surface area contributed by atoms with Gasteiger partial charge in [-0.2, -0.15) is 0 Å². The summed E-state index contributed by atoms with van der Waals surface area (Å²) in [5.41, 5.74) is 2.35. The van der Waals surface area contributed by atoms with E-state index in [9.17, 15) is 4.79 Å².